The second kappa shape index (κ2) is 4.41. The van der Waals surface area contributed by atoms with E-state index in [1.165, 1.54) is 4.68 Å². The normalized spacial score (nSPS) is 10.6. The Hall–Kier alpha value is -2.90. The summed E-state index contributed by atoms with van der Waals surface area (Å²) in [5.74, 6) is 1.23. The third-order valence-corrected chi connectivity index (χ3v) is 2.63. The van der Waals surface area contributed by atoms with E-state index in [2.05, 4.69) is 25.3 Å². The van der Waals surface area contributed by atoms with Crippen molar-refractivity contribution in [1.29, 1.82) is 0 Å². The van der Waals surface area contributed by atoms with Crippen molar-refractivity contribution < 1.29 is 9.37 Å². The van der Waals surface area contributed by atoms with Crippen molar-refractivity contribution in [3.8, 4) is 22.8 Å². The smallest absolute Gasteiger partial charge is 0.243 e. The number of nitrogens with zero attached hydrogens (tertiary/aromatic N) is 5. The lowest BCUT2D eigenvalue weighted by atomic mass is 10.1. The molecule has 96 valence electrons. The molecule has 0 aliphatic heterocycles. The molecule has 0 fully saturated rings. The second-order valence-corrected chi connectivity index (χ2v) is 3.73. The molecular formula is C11H10N6O2. The fraction of sp³-hybridized carbons (Fsp3) is 0.0909. The Morgan fingerprint density at radius 2 is 2.00 bits per heavy atom. The quantitative estimate of drug-likeness (QED) is 0.744. The Balaban J connectivity index is 2.06. The van der Waals surface area contributed by atoms with Crippen LogP contribution in [0.5, 0.6) is 5.75 Å². The van der Waals surface area contributed by atoms with Crippen LogP contribution in [0.4, 0.5) is 5.82 Å². The first kappa shape index (κ1) is 11.2. The molecule has 8 heteroatoms. The van der Waals surface area contributed by atoms with Gasteiger partial charge in [0.1, 0.15) is 5.75 Å². The van der Waals surface area contributed by atoms with Gasteiger partial charge in [0.25, 0.3) is 0 Å². The molecule has 1 aromatic carbocycles. The fourth-order valence-electron chi connectivity index (χ4n) is 1.69. The van der Waals surface area contributed by atoms with E-state index < -0.39 is 0 Å². The van der Waals surface area contributed by atoms with Gasteiger partial charge in [-0.05, 0) is 34.6 Å². The molecule has 0 atom stereocenters. The number of benzene rings is 1. The molecule has 8 nitrogen and oxygen atoms in total. The third kappa shape index (κ3) is 1.88. The number of rotatable bonds is 3. The molecule has 0 saturated carbocycles. The fourth-order valence-corrected chi connectivity index (χ4v) is 1.69. The molecule has 0 radical (unpaired) electrons. The van der Waals surface area contributed by atoms with Crippen LogP contribution < -0.4 is 10.5 Å². The van der Waals surface area contributed by atoms with E-state index in [1.807, 2.05) is 24.3 Å². The standard InChI is InChI=1S/C11H10N6O2/c1-18-8-4-2-7(3-5-8)9-6-13-16-17(9)11-10(12)14-19-15-11/h2-6H,1H3,(H2,12,14). The van der Waals surface area contributed by atoms with Crippen LogP contribution in [-0.4, -0.2) is 32.4 Å². The van der Waals surface area contributed by atoms with Gasteiger partial charge in [0.2, 0.25) is 11.6 Å². The monoisotopic (exact) mass is 258 g/mol. The van der Waals surface area contributed by atoms with Crippen LogP contribution in [0.15, 0.2) is 35.1 Å². The number of nitrogens with two attached hydrogens (primary N) is 1. The maximum Gasteiger partial charge on any atom is 0.243 e. The van der Waals surface area contributed by atoms with E-state index in [4.69, 9.17) is 10.5 Å². The van der Waals surface area contributed by atoms with Crippen molar-refractivity contribution in [1.82, 2.24) is 25.3 Å². The second-order valence-electron chi connectivity index (χ2n) is 3.73. The topological polar surface area (TPSA) is 105 Å². The van der Waals surface area contributed by atoms with Crippen LogP contribution in [0.25, 0.3) is 17.1 Å². The van der Waals surface area contributed by atoms with Gasteiger partial charge in [-0.15, -0.1) is 5.10 Å². The van der Waals surface area contributed by atoms with Crippen molar-refractivity contribution in [3.63, 3.8) is 0 Å². The first-order valence-corrected chi connectivity index (χ1v) is 5.43. The van der Waals surface area contributed by atoms with Crippen molar-refractivity contribution in [2.24, 2.45) is 0 Å². The largest absolute Gasteiger partial charge is 0.497 e. The summed E-state index contributed by atoms with van der Waals surface area (Å²) in [5.41, 5.74) is 7.27. The zero-order valence-electron chi connectivity index (χ0n) is 10.0. The molecule has 3 aromatic rings. The van der Waals surface area contributed by atoms with Crippen molar-refractivity contribution >= 4 is 5.82 Å². The van der Waals surface area contributed by atoms with Crippen LogP contribution in [0.2, 0.25) is 0 Å². The van der Waals surface area contributed by atoms with Gasteiger partial charge in [0, 0.05) is 5.56 Å². The van der Waals surface area contributed by atoms with E-state index in [-0.39, 0.29) is 5.82 Å². The lowest BCUT2D eigenvalue weighted by Gasteiger charge is -2.04. The number of ether oxygens (including phenoxy) is 1. The molecule has 0 bridgehead atoms. The summed E-state index contributed by atoms with van der Waals surface area (Å²) in [6.45, 7) is 0. The van der Waals surface area contributed by atoms with E-state index in [0.29, 0.717) is 5.82 Å². The molecule has 2 N–H and O–H groups in total. The van der Waals surface area contributed by atoms with Gasteiger partial charge in [-0.3, -0.25) is 0 Å². The number of hydrogen-bond acceptors (Lipinski definition) is 7. The molecule has 19 heavy (non-hydrogen) atoms. The molecular weight excluding hydrogens is 248 g/mol. The molecule has 3 rings (SSSR count). The summed E-state index contributed by atoms with van der Waals surface area (Å²) in [5, 5.41) is 15.0. The van der Waals surface area contributed by atoms with Crippen molar-refractivity contribution in [2.75, 3.05) is 12.8 Å². The van der Waals surface area contributed by atoms with Crippen LogP contribution in [0.1, 0.15) is 0 Å². The maximum atomic E-state index is 5.65. The van der Waals surface area contributed by atoms with Gasteiger partial charge < -0.3 is 10.5 Å². The molecule has 0 amide bonds. The molecule has 0 unspecified atom stereocenters. The Bertz CT molecular complexity index is 687. The van der Waals surface area contributed by atoms with Gasteiger partial charge in [-0.2, -0.15) is 4.68 Å². The van der Waals surface area contributed by atoms with E-state index in [9.17, 15) is 0 Å². The van der Waals surface area contributed by atoms with Gasteiger partial charge >= 0.3 is 0 Å². The summed E-state index contributed by atoms with van der Waals surface area (Å²) in [7, 11) is 1.61. The molecule has 0 aliphatic rings. The zero-order chi connectivity index (χ0) is 13.2. The minimum atomic E-state index is 0.153. The minimum absolute atomic E-state index is 0.153. The van der Waals surface area contributed by atoms with Gasteiger partial charge in [0.05, 0.1) is 19.0 Å². The first-order valence-electron chi connectivity index (χ1n) is 5.43. The van der Waals surface area contributed by atoms with E-state index in [1.54, 1.807) is 13.3 Å². The van der Waals surface area contributed by atoms with Crippen LogP contribution in [-0.2, 0) is 0 Å². The average molecular weight is 258 g/mol. The minimum Gasteiger partial charge on any atom is -0.497 e. The number of aromatic nitrogens is 5. The SMILES string of the molecule is COc1ccc(-c2cnnn2-c2nonc2N)cc1. The number of anilines is 1. The summed E-state index contributed by atoms with van der Waals surface area (Å²) in [6.07, 6.45) is 1.61. The predicted octanol–water partition coefficient (Wildman–Crippen LogP) is 0.908. The van der Waals surface area contributed by atoms with Gasteiger partial charge in [-0.25, -0.2) is 4.63 Å². The number of methoxy groups -OCH3 is 1. The summed E-state index contributed by atoms with van der Waals surface area (Å²) in [6, 6.07) is 7.46. The highest BCUT2D eigenvalue weighted by molar-refractivity contribution is 5.62. The van der Waals surface area contributed by atoms with Crippen molar-refractivity contribution in [3.05, 3.63) is 30.5 Å². The number of hydrogen-bond donors (Lipinski definition) is 1. The van der Waals surface area contributed by atoms with Crippen LogP contribution in [0.3, 0.4) is 0 Å². The van der Waals surface area contributed by atoms with Crippen LogP contribution in [0, 0.1) is 0 Å². The molecule has 0 saturated heterocycles. The van der Waals surface area contributed by atoms with E-state index >= 15 is 0 Å². The highest BCUT2D eigenvalue weighted by Crippen LogP contribution is 2.24. The third-order valence-electron chi connectivity index (χ3n) is 2.63. The lowest BCUT2D eigenvalue weighted by Crippen LogP contribution is -2.03. The lowest BCUT2D eigenvalue weighted by molar-refractivity contribution is 0.307. The first-order chi connectivity index (χ1) is 9.29. The Kier molecular flexibility index (Phi) is 2.60. The van der Waals surface area contributed by atoms with Gasteiger partial charge in [0.15, 0.2) is 0 Å². The van der Waals surface area contributed by atoms with Gasteiger partial charge in [-0.1, -0.05) is 5.21 Å². The molecule has 2 heterocycles. The van der Waals surface area contributed by atoms with E-state index in [0.717, 1.165) is 17.0 Å². The Labute approximate surface area is 107 Å². The predicted molar refractivity (Wildman–Crippen MR) is 65.6 cm³/mol. The number of nitrogen functional groups attached to an aromatic ring is 1. The molecule has 0 spiro atoms. The average Bonchev–Trinajstić information content (AvgIpc) is 3.07. The Morgan fingerprint density at radius 3 is 2.63 bits per heavy atom. The van der Waals surface area contributed by atoms with Crippen LogP contribution >= 0.6 is 0 Å². The highest BCUT2D eigenvalue weighted by atomic mass is 16.6. The summed E-state index contributed by atoms with van der Waals surface area (Å²) < 4.78 is 11.1. The highest BCUT2D eigenvalue weighted by Gasteiger charge is 2.15. The Morgan fingerprint density at radius 1 is 1.21 bits per heavy atom. The van der Waals surface area contributed by atoms with Crippen molar-refractivity contribution in [2.45, 2.75) is 0 Å². The maximum absolute atomic E-state index is 5.65. The molecule has 0 aliphatic carbocycles. The zero-order valence-corrected chi connectivity index (χ0v) is 10.0. The molecule has 2 aromatic heterocycles. The summed E-state index contributed by atoms with van der Waals surface area (Å²) in [4.78, 5) is 0. The summed E-state index contributed by atoms with van der Waals surface area (Å²) >= 11 is 0.